The number of nitrogens with zero attached hydrogens (tertiary/aromatic N) is 5. The Kier molecular flexibility index (Phi) is 4.17. The van der Waals surface area contributed by atoms with Gasteiger partial charge < -0.3 is 10.6 Å². The number of carbonyl (C=O) groups is 1. The number of carbonyl (C=O) groups excluding carboxylic acids is 1. The number of tetrazole rings is 1. The van der Waals surface area contributed by atoms with Crippen molar-refractivity contribution in [2.75, 3.05) is 11.9 Å². The zero-order valence-corrected chi connectivity index (χ0v) is 13.7. The topological polar surface area (TPSA) is 127 Å². The monoisotopic (exact) mass is 321 g/mol. The summed E-state index contributed by atoms with van der Waals surface area (Å²) in [4.78, 5) is 22.2. The Balaban J connectivity index is 2.47. The molecule has 0 saturated carbocycles. The molecule has 2 aromatic heterocycles. The molecule has 0 aliphatic carbocycles. The van der Waals surface area contributed by atoms with E-state index in [9.17, 15) is 14.9 Å². The Labute approximate surface area is 132 Å². The van der Waals surface area contributed by atoms with Gasteiger partial charge in [0.15, 0.2) is 0 Å². The molecule has 10 nitrogen and oxygen atoms in total. The number of hydrogen-bond donors (Lipinski definition) is 2. The van der Waals surface area contributed by atoms with Crippen LogP contribution in [0.4, 0.5) is 11.4 Å². The van der Waals surface area contributed by atoms with Crippen LogP contribution in [-0.4, -0.2) is 43.0 Å². The van der Waals surface area contributed by atoms with Crippen molar-refractivity contribution < 1.29 is 9.72 Å². The first kappa shape index (κ1) is 16.6. The standard InChI is InChI=1S/C13H19N7O3/c1-7-8(2)19-12(16-17-18-19)11(20(22)23)10(7)14-6-13(4,5)15-9(3)21/h14H,6H2,1-5H3,(H,15,21). The average molecular weight is 321 g/mol. The number of hydrogen-bond acceptors (Lipinski definition) is 7. The Morgan fingerprint density at radius 2 is 2.04 bits per heavy atom. The second kappa shape index (κ2) is 5.78. The molecule has 0 fully saturated rings. The van der Waals surface area contributed by atoms with E-state index in [0.29, 0.717) is 23.5 Å². The lowest BCUT2D eigenvalue weighted by molar-refractivity contribution is -0.382. The molecule has 0 unspecified atom stereocenters. The molecule has 1 amide bonds. The molecule has 0 aliphatic rings. The highest BCUT2D eigenvalue weighted by Crippen LogP contribution is 2.33. The van der Waals surface area contributed by atoms with Crippen molar-refractivity contribution in [1.82, 2.24) is 25.4 Å². The van der Waals surface area contributed by atoms with Crippen molar-refractivity contribution in [3.05, 3.63) is 21.4 Å². The average Bonchev–Trinajstić information content (AvgIpc) is 2.88. The molecular formula is C13H19N7O3. The van der Waals surface area contributed by atoms with Gasteiger partial charge in [0.05, 0.1) is 10.5 Å². The summed E-state index contributed by atoms with van der Waals surface area (Å²) in [5.41, 5.74) is 1.06. The minimum absolute atomic E-state index is 0.0814. The fourth-order valence-corrected chi connectivity index (χ4v) is 2.41. The van der Waals surface area contributed by atoms with Gasteiger partial charge in [-0.2, -0.15) is 4.52 Å². The van der Waals surface area contributed by atoms with Gasteiger partial charge in [-0.15, -0.1) is 5.10 Å². The van der Waals surface area contributed by atoms with Crippen LogP contribution in [0.15, 0.2) is 0 Å². The van der Waals surface area contributed by atoms with E-state index in [4.69, 9.17) is 0 Å². The molecule has 0 saturated heterocycles. The van der Waals surface area contributed by atoms with Gasteiger partial charge in [-0.1, -0.05) is 0 Å². The van der Waals surface area contributed by atoms with Crippen LogP contribution < -0.4 is 10.6 Å². The maximum Gasteiger partial charge on any atom is 0.338 e. The van der Waals surface area contributed by atoms with Crippen molar-refractivity contribution in [1.29, 1.82) is 0 Å². The van der Waals surface area contributed by atoms with E-state index in [1.165, 1.54) is 11.4 Å². The Hall–Kier alpha value is -2.78. The van der Waals surface area contributed by atoms with Crippen LogP contribution >= 0.6 is 0 Å². The smallest absolute Gasteiger partial charge is 0.338 e. The van der Waals surface area contributed by atoms with E-state index in [-0.39, 0.29) is 17.2 Å². The SMILES string of the molecule is CC(=O)NC(C)(C)CNc1c(C)c(C)n2nnnc2c1[N+](=O)[O-]. The van der Waals surface area contributed by atoms with Crippen LogP contribution in [0.3, 0.4) is 0 Å². The van der Waals surface area contributed by atoms with Crippen LogP contribution in [-0.2, 0) is 4.79 Å². The fraction of sp³-hybridized carbons (Fsp3) is 0.538. The van der Waals surface area contributed by atoms with E-state index in [1.807, 2.05) is 13.8 Å². The van der Waals surface area contributed by atoms with Crippen molar-refractivity contribution in [3.63, 3.8) is 0 Å². The third-order valence-electron chi connectivity index (χ3n) is 3.56. The molecule has 0 radical (unpaired) electrons. The summed E-state index contributed by atoms with van der Waals surface area (Å²) in [6, 6.07) is 0. The number of fused-ring (bicyclic) bond motifs is 1. The van der Waals surface area contributed by atoms with Gasteiger partial charge in [0.2, 0.25) is 5.91 Å². The van der Waals surface area contributed by atoms with E-state index in [2.05, 4.69) is 26.2 Å². The molecule has 0 aromatic carbocycles. The predicted octanol–water partition coefficient (Wildman–Crippen LogP) is 0.976. The quantitative estimate of drug-likeness (QED) is 0.620. The number of nitrogens with one attached hydrogen (secondary N) is 2. The maximum atomic E-state index is 11.5. The van der Waals surface area contributed by atoms with Crippen LogP contribution in [0.1, 0.15) is 32.0 Å². The molecule has 2 N–H and O–H groups in total. The molecule has 2 heterocycles. The largest absolute Gasteiger partial charge is 0.377 e. The second-order valence-corrected chi connectivity index (χ2v) is 6.02. The van der Waals surface area contributed by atoms with Gasteiger partial charge in [-0.3, -0.25) is 14.9 Å². The molecular weight excluding hydrogens is 302 g/mol. The minimum Gasteiger partial charge on any atom is -0.377 e. The predicted molar refractivity (Wildman–Crippen MR) is 83.3 cm³/mol. The number of aryl methyl sites for hydroxylation is 1. The van der Waals surface area contributed by atoms with Gasteiger partial charge in [0.1, 0.15) is 5.69 Å². The molecule has 2 aromatic rings. The number of anilines is 1. The summed E-state index contributed by atoms with van der Waals surface area (Å²) in [5.74, 6) is -0.170. The van der Waals surface area contributed by atoms with Gasteiger partial charge in [-0.05, 0) is 38.1 Å². The lowest BCUT2D eigenvalue weighted by Gasteiger charge is -2.27. The summed E-state index contributed by atoms with van der Waals surface area (Å²) in [6.45, 7) is 8.93. The van der Waals surface area contributed by atoms with Crippen LogP contribution in [0.2, 0.25) is 0 Å². The highest BCUT2D eigenvalue weighted by molar-refractivity contribution is 5.79. The fourth-order valence-electron chi connectivity index (χ4n) is 2.41. The first-order chi connectivity index (χ1) is 10.6. The second-order valence-electron chi connectivity index (χ2n) is 6.02. The summed E-state index contributed by atoms with van der Waals surface area (Å²) in [5, 5.41) is 28.4. The summed E-state index contributed by atoms with van der Waals surface area (Å²) < 4.78 is 1.34. The number of aromatic nitrogens is 4. The van der Waals surface area contributed by atoms with Crippen molar-refractivity contribution in [2.24, 2.45) is 0 Å². The summed E-state index contributed by atoms with van der Waals surface area (Å²) in [7, 11) is 0. The van der Waals surface area contributed by atoms with E-state index >= 15 is 0 Å². The minimum atomic E-state index is -0.571. The molecule has 23 heavy (non-hydrogen) atoms. The third-order valence-corrected chi connectivity index (χ3v) is 3.56. The highest BCUT2D eigenvalue weighted by Gasteiger charge is 2.28. The number of pyridine rings is 1. The lowest BCUT2D eigenvalue weighted by atomic mass is 10.0. The van der Waals surface area contributed by atoms with Crippen molar-refractivity contribution in [2.45, 2.75) is 40.2 Å². The van der Waals surface area contributed by atoms with Gasteiger partial charge in [0, 0.05) is 24.7 Å². The highest BCUT2D eigenvalue weighted by atomic mass is 16.6. The van der Waals surface area contributed by atoms with E-state index in [1.54, 1.807) is 13.8 Å². The summed E-state index contributed by atoms with van der Waals surface area (Å²) >= 11 is 0. The molecule has 0 spiro atoms. The Morgan fingerprint density at radius 1 is 1.39 bits per heavy atom. The molecule has 124 valence electrons. The van der Waals surface area contributed by atoms with Gasteiger partial charge >= 0.3 is 5.69 Å². The molecule has 0 bridgehead atoms. The van der Waals surface area contributed by atoms with Gasteiger partial charge in [-0.25, -0.2) is 0 Å². The lowest BCUT2D eigenvalue weighted by Crippen LogP contribution is -2.47. The van der Waals surface area contributed by atoms with Crippen molar-refractivity contribution in [3.8, 4) is 0 Å². The molecule has 2 rings (SSSR count). The number of amides is 1. The Morgan fingerprint density at radius 3 is 2.61 bits per heavy atom. The maximum absolute atomic E-state index is 11.5. The number of rotatable bonds is 5. The molecule has 10 heteroatoms. The van der Waals surface area contributed by atoms with Crippen molar-refractivity contribution >= 4 is 22.9 Å². The Bertz CT molecular complexity index is 781. The zero-order valence-electron chi connectivity index (χ0n) is 13.7. The zero-order chi connectivity index (χ0) is 17.4. The van der Waals surface area contributed by atoms with Crippen LogP contribution in [0.25, 0.3) is 5.65 Å². The van der Waals surface area contributed by atoms with E-state index in [0.717, 1.165) is 0 Å². The molecule has 0 atom stereocenters. The molecule has 0 aliphatic heterocycles. The normalized spacial score (nSPS) is 11.5. The van der Waals surface area contributed by atoms with E-state index < -0.39 is 10.5 Å². The summed E-state index contributed by atoms with van der Waals surface area (Å²) in [6.07, 6.45) is 0. The first-order valence-electron chi connectivity index (χ1n) is 7.02. The third kappa shape index (κ3) is 3.20. The van der Waals surface area contributed by atoms with Crippen LogP contribution in [0, 0.1) is 24.0 Å². The number of nitro groups is 1. The van der Waals surface area contributed by atoms with Gasteiger partial charge in [0.25, 0.3) is 5.65 Å². The first-order valence-corrected chi connectivity index (χ1v) is 7.02. The van der Waals surface area contributed by atoms with Crippen LogP contribution in [0.5, 0.6) is 0 Å².